The lowest BCUT2D eigenvalue weighted by Gasteiger charge is -2.17. The number of rotatable bonds is 18. The Bertz CT molecular complexity index is 699. The Hall–Kier alpha value is -1.48. The van der Waals surface area contributed by atoms with Gasteiger partial charge in [-0.05, 0) is 12.5 Å². The van der Waals surface area contributed by atoms with Crippen LogP contribution in [-0.4, -0.2) is 56.3 Å². The molecule has 8 nitrogen and oxygen atoms in total. The van der Waals surface area contributed by atoms with Gasteiger partial charge in [0, 0.05) is 12.7 Å². The summed E-state index contributed by atoms with van der Waals surface area (Å²) in [5.74, 6) is 0.484. The van der Waals surface area contributed by atoms with Crippen molar-refractivity contribution < 1.29 is 20.1 Å². The van der Waals surface area contributed by atoms with Gasteiger partial charge in [-0.1, -0.05) is 90.4 Å². The molecule has 1 aromatic heterocycles. The second-order valence-electron chi connectivity index (χ2n) is 9.25. The summed E-state index contributed by atoms with van der Waals surface area (Å²) in [7, 11) is 0. The molecule has 2 rings (SSSR count). The standard InChI is InChI=1S/C25H45N3O5/c1-2-3-4-5-6-7-8-9-10-11-12-13-14-15-17-26-21-16-18-28(25(32)27-21)24-23(31)22(30)20(19-29)33-24/h16,18,20,22-24,29-31H,2-15,17,19H2,1H3,(H,26,27,32)/t20-,22-,23+,24-/m1/s1. The molecule has 0 bridgehead atoms. The van der Waals surface area contributed by atoms with Gasteiger partial charge in [-0.25, -0.2) is 4.79 Å². The van der Waals surface area contributed by atoms with Crippen LogP contribution in [0.1, 0.15) is 103 Å². The molecule has 0 spiro atoms. The molecule has 1 saturated heterocycles. The van der Waals surface area contributed by atoms with Crippen molar-refractivity contribution in [2.45, 2.75) is 121 Å². The number of nitrogens with one attached hydrogen (secondary N) is 1. The molecule has 0 saturated carbocycles. The van der Waals surface area contributed by atoms with Gasteiger partial charge in [0.05, 0.1) is 6.61 Å². The van der Waals surface area contributed by atoms with Gasteiger partial charge in [0.1, 0.15) is 24.1 Å². The maximum Gasteiger partial charge on any atom is 0.351 e. The van der Waals surface area contributed by atoms with Crippen LogP contribution in [0.25, 0.3) is 0 Å². The summed E-state index contributed by atoms with van der Waals surface area (Å²) >= 11 is 0. The molecular formula is C25H45N3O5. The molecule has 0 unspecified atom stereocenters. The van der Waals surface area contributed by atoms with Crippen LogP contribution in [0.15, 0.2) is 17.1 Å². The number of aromatic nitrogens is 2. The van der Waals surface area contributed by atoms with Crippen LogP contribution in [0.4, 0.5) is 5.82 Å². The van der Waals surface area contributed by atoms with Crippen molar-refractivity contribution in [3.63, 3.8) is 0 Å². The average molecular weight is 468 g/mol. The van der Waals surface area contributed by atoms with Crippen LogP contribution in [0.3, 0.4) is 0 Å². The first-order valence-electron chi connectivity index (χ1n) is 13.0. The minimum atomic E-state index is -1.30. The van der Waals surface area contributed by atoms with Crippen molar-refractivity contribution in [2.75, 3.05) is 18.5 Å². The van der Waals surface area contributed by atoms with Crippen LogP contribution in [0.2, 0.25) is 0 Å². The Kier molecular flexibility index (Phi) is 13.6. The van der Waals surface area contributed by atoms with E-state index in [1.165, 1.54) is 83.2 Å². The average Bonchev–Trinajstić information content (AvgIpc) is 3.10. The lowest BCUT2D eigenvalue weighted by atomic mass is 10.0. The van der Waals surface area contributed by atoms with Gasteiger partial charge in [-0.15, -0.1) is 0 Å². The quantitative estimate of drug-likeness (QED) is 0.243. The largest absolute Gasteiger partial charge is 0.394 e. The number of anilines is 1. The molecule has 4 atom stereocenters. The van der Waals surface area contributed by atoms with Crippen LogP contribution in [-0.2, 0) is 4.74 Å². The van der Waals surface area contributed by atoms with Crippen LogP contribution in [0, 0.1) is 0 Å². The van der Waals surface area contributed by atoms with E-state index in [1.807, 2.05) is 0 Å². The second kappa shape index (κ2) is 16.2. The molecule has 33 heavy (non-hydrogen) atoms. The van der Waals surface area contributed by atoms with Crippen molar-refractivity contribution >= 4 is 5.82 Å². The summed E-state index contributed by atoms with van der Waals surface area (Å²) in [6.45, 7) is 2.58. The fraction of sp³-hybridized carbons (Fsp3) is 0.840. The molecular weight excluding hydrogens is 422 g/mol. The zero-order valence-corrected chi connectivity index (χ0v) is 20.3. The molecule has 1 aliphatic rings. The van der Waals surface area contributed by atoms with Crippen molar-refractivity contribution in [1.29, 1.82) is 0 Å². The minimum Gasteiger partial charge on any atom is -0.394 e. The second-order valence-corrected chi connectivity index (χ2v) is 9.25. The molecule has 1 aliphatic heterocycles. The predicted octanol–water partition coefficient (Wildman–Crippen LogP) is 3.75. The lowest BCUT2D eigenvalue weighted by Crippen LogP contribution is -2.36. The third kappa shape index (κ3) is 9.73. The van der Waals surface area contributed by atoms with E-state index in [0.29, 0.717) is 5.82 Å². The number of nitrogens with zero attached hydrogens (tertiary/aromatic N) is 2. The van der Waals surface area contributed by atoms with E-state index >= 15 is 0 Å². The van der Waals surface area contributed by atoms with Crippen LogP contribution in [0.5, 0.6) is 0 Å². The molecule has 0 amide bonds. The summed E-state index contributed by atoms with van der Waals surface area (Å²) in [5.41, 5.74) is -0.573. The van der Waals surface area contributed by atoms with Crippen molar-refractivity contribution in [3.05, 3.63) is 22.7 Å². The Labute approximate surface area is 198 Å². The Morgan fingerprint density at radius 3 is 1.94 bits per heavy atom. The molecule has 4 N–H and O–H groups in total. The molecule has 1 fully saturated rings. The summed E-state index contributed by atoms with van der Waals surface area (Å²) in [6, 6.07) is 1.65. The third-order valence-electron chi connectivity index (χ3n) is 6.46. The molecule has 0 aromatic carbocycles. The molecule has 0 radical (unpaired) electrons. The Balaban J connectivity index is 1.51. The van der Waals surface area contributed by atoms with Gasteiger partial charge in [-0.3, -0.25) is 4.57 Å². The van der Waals surface area contributed by atoms with Crippen molar-refractivity contribution in [3.8, 4) is 0 Å². The number of aliphatic hydroxyl groups is 3. The van der Waals surface area contributed by atoms with E-state index in [4.69, 9.17) is 4.74 Å². The highest BCUT2D eigenvalue weighted by molar-refractivity contribution is 5.31. The zero-order valence-electron chi connectivity index (χ0n) is 20.3. The first kappa shape index (κ1) is 27.8. The third-order valence-corrected chi connectivity index (χ3v) is 6.46. The van der Waals surface area contributed by atoms with Crippen molar-refractivity contribution in [1.82, 2.24) is 9.55 Å². The first-order chi connectivity index (χ1) is 16.1. The summed E-state index contributed by atoms with van der Waals surface area (Å²) in [6.07, 6.45) is 15.4. The van der Waals surface area contributed by atoms with E-state index in [1.54, 1.807) is 6.07 Å². The van der Waals surface area contributed by atoms with Crippen LogP contribution < -0.4 is 11.0 Å². The number of unbranched alkanes of at least 4 members (excludes halogenated alkanes) is 13. The van der Waals surface area contributed by atoms with E-state index in [9.17, 15) is 20.1 Å². The maximum atomic E-state index is 12.3. The highest BCUT2D eigenvalue weighted by atomic mass is 16.6. The Morgan fingerprint density at radius 1 is 0.909 bits per heavy atom. The van der Waals surface area contributed by atoms with E-state index in [2.05, 4.69) is 17.2 Å². The molecule has 8 heteroatoms. The number of aliphatic hydroxyl groups excluding tert-OH is 3. The summed E-state index contributed by atoms with van der Waals surface area (Å²) in [4.78, 5) is 16.3. The highest BCUT2D eigenvalue weighted by Gasteiger charge is 2.43. The first-order valence-corrected chi connectivity index (χ1v) is 13.0. The summed E-state index contributed by atoms with van der Waals surface area (Å²) in [5, 5.41) is 32.3. The van der Waals surface area contributed by atoms with Gasteiger partial charge in [0.15, 0.2) is 6.23 Å². The molecule has 0 aliphatic carbocycles. The van der Waals surface area contributed by atoms with E-state index in [-0.39, 0.29) is 0 Å². The number of hydrogen-bond acceptors (Lipinski definition) is 7. The SMILES string of the molecule is CCCCCCCCCCCCCCCCNc1ccn([C@@H]2O[C@H](CO)[C@@H](O)[C@@H]2O)c(=O)n1. The highest BCUT2D eigenvalue weighted by Crippen LogP contribution is 2.28. The fourth-order valence-electron chi connectivity index (χ4n) is 4.35. The maximum absolute atomic E-state index is 12.3. The van der Waals surface area contributed by atoms with E-state index in [0.717, 1.165) is 24.0 Å². The zero-order chi connectivity index (χ0) is 23.9. The monoisotopic (exact) mass is 467 g/mol. The number of ether oxygens (including phenoxy) is 1. The van der Waals surface area contributed by atoms with Gasteiger partial charge in [0.25, 0.3) is 0 Å². The van der Waals surface area contributed by atoms with Crippen molar-refractivity contribution in [2.24, 2.45) is 0 Å². The van der Waals surface area contributed by atoms with E-state index < -0.39 is 36.8 Å². The molecule has 1 aromatic rings. The van der Waals surface area contributed by atoms with Crippen LogP contribution >= 0.6 is 0 Å². The predicted molar refractivity (Wildman–Crippen MR) is 130 cm³/mol. The summed E-state index contributed by atoms with van der Waals surface area (Å²) < 4.78 is 6.52. The smallest absolute Gasteiger partial charge is 0.351 e. The normalized spacial score (nSPS) is 22.7. The van der Waals surface area contributed by atoms with Gasteiger partial charge in [0.2, 0.25) is 0 Å². The van der Waals surface area contributed by atoms with Gasteiger partial charge >= 0.3 is 5.69 Å². The fourth-order valence-corrected chi connectivity index (χ4v) is 4.35. The molecule has 190 valence electrons. The Morgan fingerprint density at radius 2 is 1.45 bits per heavy atom. The number of hydrogen-bond donors (Lipinski definition) is 4. The van der Waals surface area contributed by atoms with Gasteiger partial charge < -0.3 is 25.4 Å². The van der Waals surface area contributed by atoms with Gasteiger partial charge in [-0.2, -0.15) is 4.98 Å². The minimum absolute atomic E-state index is 0.435. The topological polar surface area (TPSA) is 117 Å². The molecule has 2 heterocycles. The lowest BCUT2D eigenvalue weighted by molar-refractivity contribution is -0.0549.